The van der Waals surface area contributed by atoms with E-state index in [-0.39, 0.29) is 11.6 Å². The fourth-order valence-corrected chi connectivity index (χ4v) is 2.83. The molecule has 0 fully saturated rings. The van der Waals surface area contributed by atoms with Gasteiger partial charge in [0.05, 0.1) is 0 Å². The number of carbonyl (C=O) groups excluding carboxylic acids is 1. The average molecular weight is 368 g/mol. The molecule has 0 aromatic heterocycles. The molecular formula is C16H14FIO. The fraction of sp³-hybridized carbons (Fsp3) is 0.188. The second kappa shape index (κ2) is 5.41. The Labute approximate surface area is 126 Å². The van der Waals surface area contributed by atoms with Crippen molar-refractivity contribution in [2.45, 2.75) is 20.8 Å². The van der Waals surface area contributed by atoms with Crippen LogP contribution in [0.2, 0.25) is 0 Å². The van der Waals surface area contributed by atoms with Crippen LogP contribution in [-0.2, 0) is 0 Å². The highest BCUT2D eigenvalue weighted by Gasteiger charge is 2.18. The molecule has 19 heavy (non-hydrogen) atoms. The van der Waals surface area contributed by atoms with Gasteiger partial charge in [-0.15, -0.1) is 0 Å². The summed E-state index contributed by atoms with van der Waals surface area (Å²) in [4.78, 5) is 12.6. The predicted octanol–water partition coefficient (Wildman–Crippen LogP) is 4.59. The van der Waals surface area contributed by atoms with Crippen LogP contribution in [0.25, 0.3) is 0 Å². The first kappa shape index (κ1) is 14.2. The maximum absolute atomic E-state index is 13.3. The highest BCUT2D eigenvalue weighted by atomic mass is 127. The summed E-state index contributed by atoms with van der Waals surface area (Å²) in [6.07, 6.45) is 0. The molecule has 0 aliphatic rings. The largest absolute Gasteiger partial charge is 0.289 e. The van der Waals surface area contributed by atoms with Crippen LogP contribution in [0.5, 0.6) is 0 Å². The van der Waals surface area contributed by atoms with Gasteiger partial charge in [0.2, 0.25) is 0 Å². The Kier molecular flexibility index (Phi) is 4.04. The molecule has 3 heteroatoms. The van der Waals surface area contributed by atoms with Gasteiger partial charge < -0.3 is 0 Å². The van der Waals surface area contributed by atoms with Gasteiger partial charge in [0.1, 0.15) is 5.82 Å². The Morgan fingerprint density at radius 1 is 1.05 bits per heavy atom. The number of halogens is 2. The molecule has 0 saturated heterocycles. The van der Waals surface area contributed by atoms with Crippen molar-refractivity contribution < 1.29 is 9.18 Å². The zero-order valence-electron chi connectivity index (χ0n) is 11.1. The minimum atomic E-state index is -0.300. The summed E-state index contributed by atoms with van der Waals surface area (Å²) in [5.74, 6) is -0.339. The van der Waals surface area contributed by atoms with Crippen molar-refractivity contribution in [2.24, 2.45) is 0 Å². The van der Waals surface area contributed by atoms with E-state index in [1.54, 1.807) is 13.8 Å². The van der Waals surface area contributed by atoms with Gasteiger partial charge in [0, 0.05) is 14.7 Å². The molecule has 0 bridgehead atoms. The molecule has 0 saturated carbocycles. The van der Waals surface area contributed by atoms with E-state index >= 15 is 0 Å². The smallest absolute Gasteiger partial charge is 0.194 e. The van der Waals surface area contributed by atoms with E-state index < -0.39 is 0 Å². The van der Waals surface area contributed by atoms with Crippen LogP contribution in [-0.4, -0.2) is 5.78 Å². The lowest BCUT2D eigenvalue weighted by Crippen LogP contribution is -2.09. The zero-order valence-corrected chi connectivity index (χ0v) is 13.2. The molecule has 1 nitrogen and oxygen atoms in total. The van der Waals surface area contributed by atoms with Gasteiger partial charge in [-0.1, -0.05) is 12.1 Å². The summed E-state index contributed by atoms with van der Waals surface area (Å²) < 4.78 is 14.3. The first-order valence-corrected chi connectivity index (χ1v) is 7.06. The molecule has 0 N–H and O–H groups in total. The number of ketones is 1. The molecule has 98 valence electrons. The SMILES string of the molecule is Cc1cccc(C(=O)c2c(C)cc(F)cc2C)c1I. The number of benzene rings is 2. The van der Waals surface area contributed by atoms with Gasteiger partial charge in [0.25, 0.3) is 0 Å². The molecule has 0 spiro atoms. The number of rotatable bonds is 2. The first-order chi connectivity index (χ1) is 8.91. The molecule has 0 heterocycles. The van der Waals surface area contributed by atoms with Crippen molar-refractivity contribution in [3.05, 3.63) is 67.5 Å². The fourth-order valence-electron chi connectivity index (χ4n) is 2.23. The molecule has 2 aromatic rings. The predicted molar refractivity (Wildman–Crippen MR) is 83.2 cm³/mol. The van der Waals surface area contributed by atoms with Gasteiger partial charge in [-0.2, -0.15) is 0 Å². The summed E-state index contributed by atoms with van der Waals surface area (Å²) in [6.45, 7) is 5.51. The summed E-state index contributed by atoms with van der Waals surface area (Å²) >= 11 is 2.18. The molecule has 0 aliphatic carbocycles. The van der Waals surface area contributed by atoms with Crippen LogP contribution < -0.4 is 0 Å². The van der Waals surface area contributed by atoms with Crippen molar-refractivity contribution in [1.82, 2.24) is 0 Å². The van der Waals surface area contributed by atoms with Crippen molar-refractivity contribution in [2.75, 3.05) is 0 Å². The molecule has 0 unspecified atom stereocenters. The lowest BCUT2D eigenvalue weighted by atomic mass is 9.94. The monoisotopic (exact) mass is 368 g/mol. The van der Waals surface area contributed by atoms with Gasteiger partial charge in [-0.3, -0.25) is 4.79 Å². The number of hydrogen-bond acceptors (Lipinski definition) is 1. The molecule has 2 aromatic carbocycles. The van der Waals surface area contributed by atoms with Crippen molar-refractivity contribution in [3.8, 4) is 0 Å². The lowest BCUT2D eigenvalue weighted by molar-refractivity contribution is 0.103. The summed E-state index contributed by atoms with van der Waals surface area (Å²) in [5.41, 5.74) is 3.71. The van der Waals surface area contributed by atoms with Crippen LogP contribution in [0.4, 0.5) is 4.39 Å². The Morgan fingerprint density at radius 2 is 1.63 bits per heavy atom. The van der Waals surface area contributed by atoms with Crippen LogP contribution in [0.15, 0.2) is 30.3 Å². The Hall–Kier alpha value is -1.23. The van der Waals surface area contributed by atoms with E-state index in [2.05, 4.69) is 22.6 Å². The molecule has 2 rings (SSSR count). The zero-order chi connectivity index (χ0) is 14.2. The summed E-state index contributed by atoms with van der Waals surface area (Å²) in [6, 6.07) is 8.48. The van der Waals surface area contributed by atoms with E-state index in [1.165, 1.54) is 12.1 Å². The molecule has 0 aliphatic heterocycles. The maximum atomic E-state index is 13.3. The third-order valence-corrected chi connectivity index (χ3v) is 4.59. The highest BCUT2D eigenvalue weighted by Crippen LogP contribution is 2.24. The minimum Gasteiger partial charge on any atom is -0.289 e. The van der Waals surface area contributed by atoms with Crippen LogP contribution >= 0.6 is 22.6 Å². The topological polar surface area (TPSA) is 17.1 Å². The quantitative estimate of drug-likeness (QED) is 0.560. The van der Waals surface area contributed by atoms with E-state index in [9.17, 15) is 9.18 Å². The van der Waals surface area contributed by atoms with Gasteiger partial charge in [-0.25, -0.2) is 4.39 Å². The van der Waals surface area contributed by atoms with Crippen molar-refractivity contribution in [3.63, 3.8) is 0 Å². The normalized spacial score (nSPS) is 10.6. The number of aryl methyl sites for hydroxylation is 3. The maximum Gasteiger partial charge on any atom is 0.194 e. The second-order valence-electron chi connectivity index (χ2n) is 4.68. The van der Waals surface area contributed by atoms with E-state index in [0.29, 0.717) is 22.3 Å². The molecule has 0 amide bonds. The highest BCUT2D eigenvalue weighted by molar-refractivity contribution is 14.1. The van der Waals surface area contributed by atoms with Gasteiger partial charge in [-0.05, 0) is 78.3 Å². The molecular weight excluding hydrogens is 354 g/mol. The van der Waals surface area contributed by atoms with Crippen molar-refractivity contribution >= 4 is 28.4 Å². The van der Waals surface area contributed by atoms with Gasteiger partial charge >= 0.3 is 0 Å². The minimum absolute atomic E-state index is 0.0388. The van der Waals surface area contributed by atoms with Crippen LogP contribution in [0.3, 0.4) is 0 Å². The van der Waals surface area contributed by atoms with Crippen molar-refractivity contribution in [1.29, 1.82) is 0 Å². The first-order valence-electron chi connectivity index (χ1n) is 5.98. The number of carbonyl (C=O) groups is 1. The molecule has 0 radical (unpaired) electrons. The second-order valence-corrected chi connectivity index (χ2v) is 5.76. The lowest BCUT2D eigenvalue weighted by Gasteiger charge is -2.11. The van der Waals surface area contributed by atoms with E-state index in [4.69, 9.17) is 0 Å². The number of hydrogen-bond donors (Lipinski definition) is 0. The Balaban J connectivity index is 2.60. The Bertz CT molecular complexity index is 639. The average Bonchev–Trinajstić information content (AvgIpc) is 2.31. The summed E-state index contributed by atoms with van der Waals surface area (Å²) in [5, 5.41) is 0. The molecule has 0 atom stereocenters. The van der Waals surface area contributed by atoms with E-state index in [1.807, 2.05) is 25.1 Å². The summed E-state index contributed by atoms with van der Waals surface area (Å²) in [7, 11) is 0. The van der Waals surface area contributed by atoms with Gasteiger partial charge in [0.15, 0.2) is 5.78 Å². The Morgan fingerprint density at radius 3 is 2.21 bits per heavy atom. The third-order valence-electron chi connectivity index (χ3n) is 3.16. The van der Waals surface area contributed by atoms with Crippen LogP contribution in [0.1, 0.15) is 32.6 Å². The standard InChI is InChI=1S/C16H14FIO/c1-9-5-4-6-13(15(9)18)16(19)14-10(2)7-12(17)8-11(14)3/h4-8H,1-3H3. The third kappa shape index (κ3) is 2.71. The van der Waals surface area contributed by atoms with E-state index in [0.717, 1.165) is 9.13 Å². The van der Waals surface area contributed by atoms with Crippen LogP contribution in [0, 0.1) is 30.2 Å².